The Morgan fingerprint density at radius 1 is 1.25 bits per heavy atom. The van der Waals surface area contributed by atoms with Gasteiger partial charge in [-0.05, 0) is 43.2 Å². The van der Waals surface area contributed by atoms with Crippen molar-refractivity contribution in [3.05, 3.63) is 70.2 Å². The first kappa shape index (κ1) is 17.8. The Kier molecular flexibility index (Phi) is 6.65. The maximum Gasteiger partial charge on any atom is 0.192 e. The van der Waals surface area contributed by atoms with E-state index in [2.05, 4.69) is 21.7 Å². The van der Waals surface area contributed by atoms with Crippen molar-refractivity contribution in [2.75, 3.05) is 6.54 Å². The molecule has 124 valence electrons. The molecule has 2 N–H and O–H groups in total. The SMILES string of the molecule is CCNC(=NCc1cccc(C#N)c1)NC(C)c1ccccc1Cl. The van der Waals surface area contributed by atoms with Gasteiger partial charge in [0.15, 0.2) is 5.96 Å². The molecule has 0 radical (unpaired) electrons. The number of hydrogen-bond donors (Lipinski definition) is 2. The Bertz CT molecular complexity index is 749. The van der Waals surface area contributed by atoms with Crippen LogP contribution in [-0.2, 0) is 6.54 Å². The summed E-state index contributed by atoms with van der Waals surface area (Å²) in [6, 6.07) is 17.4. The summed E-state index contributed by atoms with van der Waals surface area (Å²) < 4.78 is 0. The molecule has 2 aromatic rings. The summed E-state index contributed by atoms with van der Waals surface area (Å²) in [6.07, 6.45) is 0. The van der Waals surface area contributed by atoms with Gasteiger partial charge in [0.05, 0.1) is 24.2 Å². The molecule has 0 aliphatic heterocycles. The first-order valence-corrected chi connectivity index (χ1v) is 8.30. The summed E-state index contributed by atoms with van der Waals surface area (Å²) in [5.41, 5.74) is 2.66. The molecule has 4 nitrogen and oxygen atoms in total. The van der Waals surface area contributed by atoms with Crippen molar-refractivity contribution in [1.29, 1.82) is 5.26 Å². The largest absolute Gasteiger partial charge is 0.357 e. The second kappa shape index (κ2) is 8.95. The van der Waals surface area contributed by atoms with E-state index in [1.807, 2.05) is 56.3 Å². The number of rotatable bonds is 5. The van der Waals surface area contributed by atoms with E-state index in [1.165, 1.54) is 0 Å². The minimum Gasteiger partial charge on any atom is -0.357 e. The summed E-state index contributed by atoms with van der Waals surface area (Å²) in [5.74, 6) is 0.715. The monoisotopic (exact) mass is 340 g/mol. The van der Waals surface area contributed by atoms with Gasteiger partial charge in [0.1, 0.15) is 0 Å². The number of guanidine groups is 1. The summed E-state index contributed by atoms with van der Waals surface area (Å²) in [6.45, 7) is 5.33. The molecule has 0 aromatic heterocycles. The van der Waals surface area contributed by atoms with Gasteiger partial charge in [-0.1, -0.05) is 41.9 Å². The zero-order valence-electron chi connectivity index (χ0n) is 13.9. The lowest BCUT2D eigenvalue weighted by Crippen LogP contribution is -2.38. The molecule has 0 heterocycles. The van der Waals surface area contributed by atoms with Crippen LogP contribution in [0.25, 0.3) is 0 Å². The van der Waals surface area contributed by atoms with Crippen LogP contribution in [0.15, 0.2) is 53.5 Å². The summed E-state index contributed by atoms with van der Waals surface area (Å²) >= 11 is 6.26. The standard InChI is InChI=1S/C19H21ClN4/c1-3-22-19(23-13-16-8-6-7-15(11-16)12-21)24-14(2)17-9-4-5-10-18(17)20/h4-11,14H,3,13H2,1-2H3,(H2,22,23,24). The van der Waals surface area contributed by atoms with Gasteiger partial charge in [0.25, 0.3) is 0 Å². The second-order valence-corrected chi connectivity index (χ2v) is 5.80. The Morgan fingerprint density at radius 2 is 2.04 bits per heavy atom. The van der Waals surface area contributed by atoms with Crippen molar-refractivity contribution in [3.63, 3.8) is 0 Å². The second-order valence-electron chi connectivity index (χ2n) is 5.39. The number of benzene rings is 2. The first-order valence-electron chi connectivity index (χ1n) is 7.92. The van der Waals surface area contributed by atoms with Gasteiger partial charge in [-0.25, -0.2) is 4.99 Å². The molecule has 1 atom stereocenters. The maximum atomic E-state index is 8.97. The predicted octanol–water partition coefficient (Wildman–Crippen LogP) is 4.03. The van der Waals surface area contributed by atoms with Crippen LogP contribution in [0.4, 0.5) is 0 Å². The van der Waals surface area contributed by atoms with Gasteiger partial charge in [0, 0.05) is 11.6 Å². The molecular weight excluding hydrogens is 320 g/mol. The van der Waals surface area contributed by atoms with Gasteiger partial charge >= 0.3 is 0 Å². The van der Waals surface area contributed by atoms with Crippen molar-refractivity contribution >= 4 is 17.6 Å². The number of aliphatic imine (C=N–C) groups is 1. The number of hydrogen-bond acceptors (Lipinski definition) is 2. The molecule has 0 saturated heterocycles. The average molecular weight is 341 g/mol. The molecular formula is C19H21ClN4. The fourth-order valence-corrected chi connectivity index (χ4v) is 2.64. The van der Waals surface area contributed by atoms with E-state index < -0.39 is 0 Å². The predicted molar refractivity (Wildman–Crippen MR) is 99.0 cm³/mol. The lowest BCUT2D eigenvalue weighted by atomic mass is 10.1. The number of nitrogens with one attached hydrogen (secondary N) is 2. The van der Waals surface area contributed by atoms with Crippen molar-refractivity contribution in [2.24, 2.45) is 4.99 Å². The van der Waals surface area contributed by atoms with Crippen LogP contribution in [0.2, 0.25) is 5.02 Å². The highest BCUT2D eigenvalue weighted by atomic mass is 35.5. The summed E-state index contributed by atoms with van der Waals surface area (Å²) in [7, 11) is 0. The molecule has 0 amide bonds. The van der Waals surface area contributed by atoms with Gasteiger partial charge in [-0.15, -0.1) is 0 Å². The molecule has 0 bridgehead atoms. The van der Waals surface area contributed by atoms with E-state index in [0.717, 1.165) is 22.7 Å². The Labute approximate surface area is 148 Å². The molecule has 5 heteroatoms. The topological polar surface area (TPSA) is 60.2 Å². The van der Waals surface area contributed by atoms with Crippen LogP contribution in [0, 0.1) is 11.3 Å². The highest BCUT2D eigenvalue weighted by Crippen LogP contribution is 2.21. The molecule has 0 fully saturated rings. The van der Waals surface area contributed by atoms with E-state index >= 15 is 0 Å². The van der Waals surface area contributed by atoms with Gasteiger partial charge in [-0.3, -0.25) is 0 Å². The number of nitrogens with zero attached hydrogens (tertiary/aromatic N) is 2. The fourth-order valence-electron chi connectivity index (χ4n) is 2.34. The summed E-state index contributed by atoms with van der Waals surface area (Å²) in [5, 5.41) is 16.3. The normalized spacial score (nSPS) is 12.3. The third-order valence-electron chi connectivity index (χ3n) is 3.55. The summed E-state index contributed by atoms with van der Waals surface area (Å²) in [4.78, 5) is 4.60. The van der Waals surface area contributed by atoms with Crippen LogP contribution < -0.4 is 10.6 Å². The van der Waals surface area contributed by atoms with Crippen LogP contribution >= 0.6 is 11.6 Å². The van der Waals surface area contributed by atoms with Gasteiger partial charge in [0.2, 0.25) is 0 Å². The lowest BCUT2D eigenvalue weighted by molar-refractivity contribution is 0.686. The van der Waals surface area contributed by atoms with Gasteiger partial charge in [-0.2, -0.15) is 5.26 Å². The molecule has 0 aliphatic carbocycles. The Balaban J connectivity index is 2.10. The smallest absolute Gasteiger partial charge is 0.192 e. The fraction of sp³-hybridized carbons (Fsp3) is 0.263. The molecule has 0 spiro atoms. The number of halogens is 1. The van der Waals surface area contributed by atoms with Gasteiger partial charge < -0.3 is 10.6 Å². The quantitative estimate of drug-likeness (QED) is 0.638. The van der Waals surface area contributed by atoms with Crippen LogP contribution in [0.1, 0.15) is 36.6 Å². The van der Waals surface area contributed by atoms with Crippen molar-refractivity contribution < 1.29 is 0 Å². The van der Waals surface area contributed by atoms with Crippen LogP contribution in [0.3, 0.4) is 0 Å². The van der Waals surface area contributed by atoms with Crippen molar-refractivity contribution in [1.82, 2.24) is 10.6 Å². The van der Waals surface area contributed by atoms with Crippen molar-refractivity contribution in [3.8, 4) is 6.07 Å². The molecule has 0 saturated carbocycles. The van der Waals surface area contributed by atoms with Crippen LogP contribution in [0.5, 0.6) is 0 Å². The minimum atomic E-state index is 0.0296. The molecule has 1 unspecified atom stereocenters. The zero-order valence-corrected chi connectivity index (χ0v) is 14.6. The third kappa shape index (κ3) is 5.00. The van der Waals surface area contributed by atoms with Crippen LogP contribution in [-0.4, -0.2) is 12.5 Å². The lowest BCUT2D eigenvalue weighted by Gasteiger charge is -2.19. The number of nitriles is 1. The third-order valence-corrected chi connectivity index (χ3v) is 3.89. The van der Waals surface area contributed by atoms with Crippen molar-refractivity contribution in [2.45, 2.75) is 26.4 Å². The first-order chi connectivity index (χ1) is 11.6. The minimum absolute atomic E-state index is 0.0296. The maximum absolute atomic E-state index is 8.97. The zero-order chi connectivity index (χ0) is 17.4. The van der Waals surface area contributed by atoms with E-state index in [-0.39, 0.29) is 6.04 Å². The molecule has 2 rings (SSSR count). The Hall–Kier alpha value is -2.51. The van der Waals surface area contributed by atoms with E-state index in [4.69, 9.17) is 16.9 Å². The van der Waals surface area contributed by atoms with E-state index in [0.29, 0.717) is 18.1 Å². The van der Waals surface area contributed by atoms with E-state index in [1.54, 1.807) is 6.07 Å². The average Bonchev–Trinajstić information content (AvgIpc) is 2.60. The highest BCUT2D eigenvalue weighted by Gasteiger charge is 2.10. The molecule has 0 aliphatic rings. The Morgan fingerprint density at radius 3 is 2.75 bits per heavy atom. The highest BCUT2D eigenvalue weighted by molar-refractivity contribution is 6.31. The van der Waals surface area contributed by atoms with E-state index in [9.17, 15) is 0 Å². The molecule has 24 heavy (non-hydrogen) atoms. The molecule has 2 aromatic carbocycles.